The van der Waals surface area contributed by atoms with Gasteiger partial charge in [-0.05, 0) is 23.1 Å². The fourth-order valence-corrected chi connectivity index (χ4v) is 2.25. The highest BCUT2D eigenvalue weighted by Crippen LogP contribution is 2.28. The highest BCUT2D eigenvalue weighted by atomic mass is 19.1. The van der Waals surface area contributed by atoms with Crippen LogP contribution in [0.3, 0.4) is 0 Å². The quantitative estimate of drug-likeness (QED) is 0.882. The van der Waals surface area contributed by atoms with Crippen LogP contribution in [-0.4, -0.2) is 30.4 Å². The molecule has 3 nitrogen and oxygen atoms in total. The summed E-state index contributed by atoms with van der Waals surface area (Å²) in [4.78, 5) is 0. The van der Waals surface area contributed by atoms with E-state index in [-0.39, 0.29) is 30.0 Å². The lowest BCUT2D eigenvalue weighted by molar-refractivity contribution is 0.199. The van der Waals surface area contributed by atoms with Crippen molar-refractivity contribution in [2.45, 2.75) is 44.8 Å². The van der Waals surface area contributed by atoms with Crippen LogP contribution in [0.1, 0.15) is 32.8 Å². The maximum atomic E-state index is 14.0. The third-order valence-corrected chi connectivity index (χ3v) is 3.49. The standard InChI is InChI=1S/C15H22FNO2/c1-15(2,3)10-4-5-14(13(16)6-10)19-12-7-11(9-18)17-8-12/h4-6,11-12,17-18H,7-9H2,1-3H3/t11-,12+/m0/s1. The first-order valence-electron chi connectivity index (χ1n) is 6.71. The molecular formula is C15H22FNO2. The van der Waals surface area contributed by atoms with Crippen molar-refractivity contribution in [3.8, 4) is 5.75 Å². The van der Waals surface area contributed by atoms with E-state index in [0.29, 0.717) is 18.7 Å². The molecule has 0 radical (unpaired) electrons. The van der Waals surface area contributed by atoms with E-state index in [1.807, 2.05) is 6.07 Å². The lowest BCUT2D eigenvalue weighted by Gasteiger charge is -2.20. The van der Waals surface area contributed by atoms with Crippen LogP contribution >= 0.6 is 0 Å². The van der Waals surface area contributed by atoms with Crippen LogP contribution in [0.2, 0.25) is 0 Å². The first-order chi connectivity index (χ1) is 8.90. The average molecular weight is 267 g/mol. The molecule has 0 aromatic heterocycles. The van der Waals surface area contributed by atoms with Crippen molar-refractivity contribution in [2.24, 2.45) is 0 Å². The van der Waals surface area contributed by atoms with Crippen molar-refractivity contribution < 1.29 is 14.2 Å². The molecule has 19 heavy (non-hydrogen) atoms. The zero-order valence-electron chi connectivity index (χ0n) is 11.7. The molecule has 1 aromatic carbocycles. The molecule has 106 valence electrons. The SMILES string of the molecule is CC(C)(C)c1ccc(O[C@H]2CN[C@H](CO)C2)c(F)c1. The van der Waals surface area contributed by atoms with Crippen molar-refractivity contribution in [2.75, 3.05) is 13.2 Å². The minimum absolute atomic E-state index is 0.0573. The number of ether oxygens (including phenoxy) is 1. The zero-order valence-corrected chi connectivity index (χ0v) is 11.7. The van der Waals surface area contributed by atoms with Gasteiger partial charge in [0.2, 0.25) is 0 Å². The van der Waals surface area contributed by atoms with Crippen molar-refractivity contribution in [3.63, 3.8) is 0 Å². The number of aliphatic hydroxyl groups excluding tert-OH is 1. The Morgan fingerprint density at radius 3 is 2.68 bits per heavy atom. The number of hydrogen-bond acceptors (Lipinski definition) is 3. The summed E-state index contributed by atoms with van der Waals surface area (Å²) in [6, 6.07) is 5.20. The second-order valence-corrected chi connectivity index (χ2v) is 6.16. The van der Waals surface area contributed by atoms with Gasteiger partial charge in [-0.25, -0.2) is 4.39 Å². The molecule has 4 heteroatoms. The summed E-state index contributed by atoms with van der Waals surface area (Å²) in [6.45, 7) is 6.89. The van der Waals surface area contributed by atoms with Crippen molar-refractivity contribution in [1.82, 2.24) is 5.32 Å². The number of nitrogens with one attached hydrogen (secondary N) is 1. The molecule has 0 spiro atoms. The Balaban J connectivity index is 2.06. The van der Waals surface area contributed by atoms with Gasteiger partial charge in [0, 0.05) is 19.0 Å². The summed E-state index contributed by atoms with van der Waals surface area (Å²) in [5.74, 6) is -0.0294. The van der Waals surface area contributed by atoms with Gasteiger partial charge in [0.15, 0.2) is 11.6 Å². The molecule has 0 aliphatic carbocycles. The molecule has 1 fully saturated rings. The lowest BCUT2D eigenvalue weighted by atomic mass is 9.87. The largest absolute Gasteiger partial charge is 0.486 e. The van der Waals surface area contributed by atoms with E-state index >= 15 is 0 Å². The highest BCUT2D eigenvalue weighted by molar-refractivity contribution is 5.33. The summed E-state index contributed by atoms with van der Waals surface area (Å²) in [5.41, 5.74) is 0.881. The topological polar surface area (TPSA) is 41.5 Å². The number of hydrogen-bond donors (Lipinski definition) is 2. The van der Waals surface area contributed by atoms with E-state index in [4.69, 9.17) is 9.84 Å². The molecule has 1 aromatic rings. The van der Waals surface area contributed by atoms with E-state index in [0.717, 1.165) is 5.56 Å². The lowest BCUT2D eigenvalue weighted by Crippen LogP contribution is -2.25. The van der Waals surface area contributed by atoms with Gasteiger partial charge in [-0.15, -0.1) is 0 Å². The number of halogens is 1. The second-order valence-electron chi connectivity index (χ2n) is 6.16. The molecule has 1 aliphatic heterocycles. The molecule has 1 saturated heterocycles. The molecule has 2 rings (SSSR count). The Labute approximate surface area is 113 Å². The summed E-state index contributed by atoms with van der Waals surface area (Å²) in [6.07, 6.45) is 0.629. The third-order valence-electron chi connectivity index (χ3n) is 3.49. The summed E-state index contributed by atoms with van der Waals surface area (Å²) < 4.78 is 19.7. The van der Waals surface area contributed by atoms with Gasteiger partial charge < -0.3 is 15.2 Å². The Morgan fingerprint density at radius 1 is 1.42 bits per heavy atom. The average Bonchev–Trinajstić information content (AvgIpc) is 2.78. The van der Waals surface area contributed by atoms with Gasteiger partial charge in [0.1, 0.15) is 6.10 Å². The number of rotatable bonds is 3. The molecule has 0 unspecified atom stereocenters. The summed E-state index contributed by atoms with van der Waals surface area (Å²) in [7, 11) is 0. The molecule has 0 saturated carbocycles. The second kappa shape index (κ2) is 5.47. The fraction of sp³-hybridized carbons (Fsp3) is 0.600. The maximum Gasteiger partial charge on any atom is 0.165 e. The van der Waals surface area contributed by atoms with Crippen LogP contribution in [-0.2, 0) is 5.41 Å². The first-order valence-corrected chi connectivity index (χ1v) is 6.71. The first kappa shape index (κ1) is 14.3. The summed E-state index contributed by atoms with van der Waals surface area (Å²) in [5, 5.41) is 12.2. The molecule has 2 N–H and O–H groups in total. The predicted octanol–water partition coefficient (Wildman–Crippen LogP) is 2.22. The monoisotopic (exact) mass is 267 g/mol. The van der Waals surface area contributed by atoms with Crippen LogP contribution in [0.5, 0.6) is 5.75 Å². The van der Waals surface area contributed by atoms with Crippen molar-refractivity contribution in [3.05, 3.63) is 29.6 Å². The minimum atomic E-state index is -0.320. The molecule has 0 amide bonds. The zero-order chi connectivity index (χ0) is 14.0. The smallest absolute Gasteiger partial charge is 0.165 e. The molecule has 0 bridgehead atoms. The van der Waals surface area contributed by atoms with Gasteiger partial charge >= 0.3 is 0 Å². The van der Waals surface area contributed by atoms with Crippen LogP contribution < -0.4 is 10.1 Å². The van der Waals surface area contributed by atoms with Gasteiger partial charge in [-0.1, -0.05) is 26.8 Å². The Hall–Kier alpha value is -1.13. The Kier molecular flexibility index (Phi) is 4.11. The van der Waals surface area contributed by atoms with Crippen LogP contribution in [0.25, 0.3) is 0 Å². The van der Waals surface area contributed by atoms with E-state index in [2.05, 4.69) is 26.1 Å². The maximum absolute atomic E-state index is 14.0. The molecule has 2 atom stereocenters. The van der Waals surface area contributed by atoms with E-state index in [9.17, 15) is 4.39 Å². The van der Waals surface area contributed by atoms with Gasteiger partial charge in [-0.3, -0.25) is 0 Å². The van der Waals surface area contributed by atoms with Crippen LogP contribution in [0.4, 0.5) is 4.39 Å². The van der Waals surface area contributed by atoms with Gasteiger partial charge in [0.05, 0.1) is 6.61 Å². The minimum Gasteiger partial charge on any atom is -0.486 e. The van der Waals surface area contributed by atoms with Crippen molar-refractivity contribution >= 4 is 0 Å². The van der Waals surface area contributed by atoms with E-state index in [1.165, 1.54) is 0 Å². The van der Waals surface area contributed by atoms with Gasteiger partial charge in [0.25, 0.3) is 0 Å². The van der Waals surface area contributed by atoms with Crippen molar-refractivity contribution in [1.29, 1.82) is 0 Å². The van der Waals surface area contributed by atoms with Crippen LogP contribution in [0, 0.1) is 5.82 Å². The Bertz CT molecular complexity index is 442. The number of aliphatic hydroxyl groups is 1. The molecule has 1 aliphatic rings. The van der Waals surface area contributed by atoms with Crippen LogP contribution in [0.15, 0.2) is 18.2 Å². The highest BCUT2D eigenvalue weighted by Gasteiger charge is 2.26. The van der Waals surface area contributed by atoms with Gasteiger partial charge in [-0.2, -0.15) is 0 Å². The third kappa shape index (κ3) is 3.45. The predicted molar refractivity (Wildman–Crippen MR) is 73.0 cm³/mol. The molecule has 1 heterocycles. The number of benzene rings is 1. The Morgan fingerprint density at radius 2 is 2.16 bits per heavy atom. The van der Waals surface area contributed by atoms with E-state index in [1.54, 1.807) is 12.1 Å². The fourth-order valence-electron chi connectivity index (χ4n) is 2.25. The molecular weight excluding hydrogens is 245 g/mol. The summed E-state index contributed by atoms with van der Waals surface area (Å²) >= 11 is 0. The van der Waals surface area contributed by atoms with E-state index < -0.39 is 0 Å². The normalized spacial score (nSPS) is 23.6.